The average molecular weight is 339 g/mol. The molecule has 0 unspecified atom stereocenters. The average Bonchev–Trinajstić information content (AvgIpc) is 2.98. The molecule has 0 bridgehead atoms. The van der Waals surface area contributed by atoms with E-state index in [0.717, 1.165) is 0 Å². The molecular weight excluding hydrogens is 318 g/mol. The van der Waals surface area contributed by atoms with Crippen molar-refractivity contribution in [1.29, 1.82) is 0 Å². The van der Waals surface area contributed by atoms with E-state index in [9.17, 15) is 9.59 Å². The maximum Gasteiger partial charge on any atom is 0.358 e. The third-order valence-electron chi connectivity index (χ3n) is 3.21. The first-order chi connectivity index (χ1) is 11.0. The van der Waals surface area contributed by atoms with Gasteiger partial charge in [-0.3, -0.25) is 4.79 Å². The zero-order valence-electron chi connectivity index (χ0n) is 13.3. The van der Waals surface area contributed by atoms with Crippen molar-refractivity contribution in [2.24, 2.45) is 0 Å². The summed E-state index contributed by atoms with van der Waals surface area (Å²) in [6.45, 7) is 8.71. The minimum atomic E-state index is -0.601. The fourth-order valence-corrected chi connectivity index (χ4v) is 2.97. The maximum atomic E-state index is 12.1. The van der Waals surface area contributed by atoms with Gasteiger partial charge in [-0.1, -0.05) is 6.08 Å². The molecule has 8 heteroatoms. The molecule has 1 saturated heterocycles. The molecule has 126 valence electrons. The number of ether oxygens (including phenoxy) is 2. The van der Waals surface area contributed by atoms with Crippen LogP contribution in [0.25, 0.3) is 0 Å². The molecule has 1 amide bonds. The van der Waals surface area contributed by atoms with E-state index in [2.05, 4.69) is 16.9 Å². The number of hydrogen-bond acceptors (Lipinski definition) is 7. The second-order valence-corrected chi connectivity index (χ2v) is 6.20. The molecule has 0 aromatic carbocycles. The van der Waals surface area contributed by atoms with Gasteiger partial charge in [-0.2, -0.15) is 0 Å². The number of nitrogens with zero attached hydrogens (tertiary/aromatic N) is 2. The Kier molecular flexibility index (Phi) is 6.12. The van der Waals surface area contributed by atoms with E-state index in [1.54, 1.807) is 16.4 Å². The van der Waals surface area contributed by atoms with Gasteiger partial charge in [-0.25, -0.2) is 9.78 Å². The summed E-state index contributed by atoms with van der Waals surface area (Å²) < 4.78 is 10.6. The van der Waals surface area contributed by atoms with Gasteiger partial charge >= 0.3 is 5.97 Å². The first-order valence-electron chi connectivity index (χ1n) is 7.40. The summed E-state index contributed by atoms with van der Waals surface area (Å²) in [5.74, 6) is -0.823. The number of esters is 1. The van der Waals surface area contributed by atoms with Crippen LogP contribution < -0.4 is 5.32 Å². The zero-order valence-corrected chi connectivity index (χ0v) is 14.1. The summed E-state index contributed by atoms with van der Waals surface area (Å²) in [5.41, 5.74) is 0.193. The molecule has 2 heterocycles. The van der Waals surface area contributed by atoms with Crippen LogP contribution in [-0.4, -0.2) is 60.2 Å². The fourth-order valence-electron chi connectivity index (χ4n) is 2.28. The van der Waals surface area contributed by atoms with Crippen molar-refractivity contribution in [3.63, 3.8) is 0 Å². The number of aromatic nitrogens is 1. The number of nitrogens with one attached hydrogen (secondary N) is 1. The van der Waals surface area contributed by atoms with Crippen LogP contribution in [0.5, 0.6) is 0 Å². The van der Waals surface area contributed by atoms with E-state index >= 15 is 0 Å². The number of thiazole rings is 1. The van der Waals surface area contributed by atoms with Gasteiger partial charge in [-0.15, -0.1) is 17.9 Å². The maximum absolute atomic E-state index is 12.1. The predicted octanol–water partition coefficient (Wildman–Crippen LogP) is 1.53. The molecule has 0 radical (unpaired) electrons. The van der Waals surface area contributed by atoms with Gasteiger partial charge in [-0.05, 0) is 13.8 Å². The number of carbonyl (C=O) groups is 2. The third kappa shape index (κ3) is 5.04. The van der Waals surface area contributed by atoms with Crippen LogP contribution in [-0.2, 0) is 14.3 Å². The minimum absolute atomic E-state index is 0.0181. The quantitative estimate of drug-likeness (QED) is 0.625. The number of carbonyl (C=O) groups excluding carboxylic acids is 2. The molecule has 7 nitrogen and oxygen atoms in total. The van der Waals surface area contributed by atoms with Gasteiger partial charge in [0.25, 0.3) is 5.91 Å². The summed E-state index contributed by atoms with van der Waals surface area (Å²) in [4.78, 5) is 29.8. The van der Waals surface area contributed by atoms with Crippen LogP contribution in [0, 0.1) is 0 Å². The van der Waals surface area contributed by atoms with E-state index in [-0.39, 0.29) is 30.4 Å². The van der Waals surface area contributed by atoms with E-state index in [1.165, 1.54) is 11.3 Å². The SMILES string of the molecule is C=CCNc1nc(C(=O)OCC(=O)N2C[C@@H](C)O[C@H](C)C2)cs1. The highest BCUT2D eigenvalue weighted by Gasteiger charge is 2.26. The van der Waals surface area contributed by atoms with Crippen molar-refractivity contribution in [3.05, 3.63) is 23.7 Å². The molecule has 23 heavy (non-hydrogen) atoms. The van der Waals surface area contributed by atoms with Crippen molar-refractivity contribution in [1.82, 2.24) is 9.88 Å². The Bertz CT molecular complexity index is 565. The molecular formula is C15H21N3O4S. The molecule has 2 atom stereocenters. The smallest absolute Gasteiger partial charge is 0.358 e. The minimum Gasteiger partial charge on any atom is -0.451 e. The Morgan fingerprint density at radius 2 is 2.22 bits per heavy atom. The van der Waals surface area contributed by atoms with Crippen LogP contribution in [0.1, 0.15) is 24.3 Å². The van der Waals surface area contributed by atoms with E-state index in [1.807, 2.05) is 13.8 Å². The van der Waals surface area contributed by atoms with Crippen LogP contribution in [0.4, 0.5) is 5.13 Å². The Morgan fingerprint density at radius 1 is 1.52 bits per heavy atom. The standard InChI is InChI=1S/C15H21N3O4S/c1-4-5-16-15-17-12(9-23-15)14(20)21-8-13(19)18-6-10(2)22-11(3)7-18/h4,9-11H,1,5-8H2,2-3H3,(H,16,17)/t10-,11-/m1/s1. The molecule has 1 aliphatic heterocycles. The van der Waals surface area contributed by atoms with Crippen LogP contribution >= 0.6 is 11.3 Å². The molecule has 1 N–H and O–H groups in total. The topological polar surface area (TPSA) is 80.8 Å². The number of amides is 1. The largest absolute Gasteiger partial charge is 0.451 e. The molecule has 2 rings (SSSR count). The highest BCUT2D eigenvalue weighted by molar-refractivity contribution is 7.13. The Morgan fingerprint density at radius 3 is 2.87 bits per heavy atom. The second kappa shape index (κ2) is 8.07. The lowest BCUT2D eigenvalue weighted by Crippen LogP contribution is -2.49. The van der Waals surface area contributed by atoms with Gasteiger partial charge in [0.1, 0.15) is 0 Å². The lowest BCUT2D eigenvalue weighted by molar-refractivity contribution is -0.146. The van der Waals surface area contributed by atoms with Gasteiger partial charge < -0.3 is 19.7 Å². The van der Waals surface area contributed by atoms with Crippen LogP contribution in [0.2, 0.25) is 0 Å². The summed E-state index contributed by atoms with van der Waals surface area (Å²) in [6, 6.07) is 0. The summed E-state index contributed by atoms with van der Waals surface area (Å²) >= 11 is 1.30. The molecule has 1 aromatic rings. The monoisotopic (exact) mass is 339 g/mol. The Labute approximate surface area is 139 Å². The first kappa shape index (κ1) is 17.4. The Hall–Kier alpha value is -1.93. The predicted molar refractivity (Wildman–Crippen MR) is 87.7 cm³/mol. The van der Waals surface area contributed by atoms with E-state index in [4.69, 9.17) is 9.47 Å². The van der Waals surface area contributed by atoms with Crippen molar-refractivity contribution in [3.8, 4) is 0 Å². The molecule has 0 saturated carbocycles. The summed E-state index contributed by atoms with van der Waals surface area (Å²) in [6.07, 6.45) is 1.66. The molecule has 1 aromatic heterocycles. The van der Waals surface area contributed by atoms with Crippen molar-refractivity contribution in [2.75, 3.05) is 31.6 Å². The third-order valence-corrected chi connectivity index (χ3v) is 4.01. The van der Waals surface area contributed by atoms with E-state index in [0.29, 0.717) is 24.8 Å². The number of rotatable bonds is 6. The van der Waals surface area contributed by atoms with Gasteiger partial charge in [0.05, 0.1) is 12.2 Å². The van der Waals surface area contributed by atoms with Crippen molar-refractivity contribution < 1.29 is 19.1 Å². The lowest BCUT2D eigenvalue weighted by Gasteiger charge is -2.35. The van der Waals surface area contributed by atoms with Crippen molar-refractivity contribution >= 4 is 28.3 Å². The number of anilines is 1. The molecule has 1 aliphatic rings. The first-order valence-corrected chi connectivity index (χ1v) is 8.28. The zero-order chi connectivity index (χ0) is 16.8. The van der Waals surface area contributed by atoms with E-state index < -0.39 is 5.97 Å². The number of hydrogen-bond donors (Lipinski definition) is 1. The molecule has 0 spiro atoms. The van der Waals surface area contributed by atoms with Gasteiger partial charge in [0, 0.05) is 25.0 Å². The lowest BCUT2D eigenvalue weighted by atomic mass is 10.2. The van der Waals surface area contributed by atoms with Crippen molar-refractivity contribution in [2.45, 2.75) is 26.1 Å². The second-order valence-electron chi connectivity index (χ2n) is 5.34. The summed E-state index contributed by atoms with van der Waals surface area (Å²) in [5, 5.41) is 5.19. The number of morpholine rings is 1. The van der Waals surface area contributed by atoms with Gasteiger partial charge in [0.15, 0.2) is 17.4 Å². The normalized spacial score (nSPS) is 20.9. The van der Waals surface area contributed by atoms with Crippen LogP contribution in [0.15, 0.2) is 18.0 Å². The molecule has 1 fully saturated rings. The highest BCUT2D eigenvalue weighted by atomic mass is 32.1. The highest BCUT2D eigenvalue weighted by Crippen LogP contribution is 2.16. The Balaban J connectivity index is 1.82. The van der Waals surface area contributed by atoms with Gasteiger partial charge in [0.2, 0.25) is 0 Å². The fraction of sp³-hybridized carbons (Fsp3) is 0.533. The summed E-state index contributed by atoms with van der Waals surface area (Å²) in [7, 11) is 0. The molecule has 0 aliphatic carbocycles. The van der Waals surface area contributed by atoms with Crippen LogP contribution in [0.3, 0.4) is 0 Å².